The average molecular weight is 376 g/mol. The molecule has 0 radical (unpaired) electrons. The van der Waals surface area contributed by atoms with Gasteiger partial charge in [-0.1, -0.05) is 13.8 Å². The monoisotopic (exact) mass is 375 g/mol. The maximum absolute atomic E-state index is 6.09. The van der Waals surface area contributed by atoms with Gasteiger partial charge in [0.1, 0.15) is 12.4 Å². The molecule has 3 heterocycles. The fourth-order valence-electron chi connectivity index (χ4n) is 4.38. The lowest BCUT2D eigenvalue weighted by Crippen LogP contribution is -2.28. The second-order valence-electron chi connectivity index (χ2n) is 7.34. The molecule has 5 rings (SSSR count). The molecule has 4 aromatic rings. The molecule has 1 aliphatic rings. The fraction of sp³-hybridized carbons (Fsp3) is 0.375. The summed E-state index contributed by atoms with van der Waals surface area (Å²) in [5.74, 6) is 0.947. The summed E-state index contributed by atoms with van der Waals surface area (Å²) in [5, 5.41) is 8.45. The van der Waals surface area contributed by atoms with Crippen LogP contribution in [0.5, 0.6) is 5.75 Å². The zero-order valence-electron chi connectivity index (χ0n) is 17.2. The van der Waals surface area contributed by atoms with E-state index in [9.17, 15) is 0 Å². The summed E-state index contributed by atoms with van der Waals surface area (Å²) in [6.07, 6.45) is 6.27. The van der Waals surface area contributed by atoms with E-state index >= 15 is 0 Å². The van der Waals surface area contributed by atoms with Gasteiger partial charge in [0.15, 0.2) is 0 Å². The lowest BCUT2D eigenvalue weighted by Gasteiger charge is -2.12. The first-order valence-electron chi connectivity index (χ1n) is 10.3. The first-order valence-corrected chi connectivity index (χ1v) is 10.3. The van der Waals surface area contributed by atoms with E-state index < -0.39 is 0 Å². The molecule has 1 unspecified atom stereocenters. The lowest BCUT2D eigenvalue weighted by atomic mass is 10.0. The molecule has 2 aromatic heterocycles. The van der Waals surface area contributed by atoms with E-state index in [1.165, 1.54) is 51.0 Å². The van der Waals surface area contributed by atoms with Gasteiger partial charge in [-0.15, -0.1) is 0 Å². The second kappa shape index (κ2) is 7.80. The maximum Gasteiger partial charge on any atom is 0.120 e. The highest BCUT2D eigenvalue weighted by molar-refractivity contribution is 6.14. The Morgan fingerprint density at radius 1 is 1.14 bits per heavy atom. The van der Waals surface area contributed by atoms with E-state index in [0.29, 0.717) is 6.04 Å². The Morgan fingerprint density at radius 3 is 2.79 bits per heavy atom. The summed E-state index contributed by atoms with van der Waals surface area (Å²) in [6, 6.07) is 11.3. The molecule has 0 spiro atoms. The number of aromatic nitrogens is 2. The number of pyridine rings is 1. The molecule has 1 aliphatic heterocycles. The van der Waals surface area contributed by atoms with Crippen LogP contribution < -0.4 is 10.1 Å². The minimum atomic E-state index is 0.482. The number of rotatable bonds is 3. The van der Waals surface area contributed by atoms with Crippen molar-refractivity contribution in [2.45, 2.75) is 39.7 Å². The number of benzene rings is 2. The summed E-state index contributed by atoms with van der Waals surface area (Å²) in [5.41, 5.74) is 3.82. The first-order chi connectivity index (χ1) is 13.7. The molecule has 4 nitrogen and oxygen atoms in total. The Kier molecular flexibility index (Phi) is 5.23. The molecule has 1 atom stereocenters. The van der Waals surface area contributed by atoms with Gasteiger partial charge >= 0.3 is 0 Å². The standard InChI is InChI=1S/C22H23N3O.C2H6/c1-14-18-7-9-23-12-15(18)10-20-19-11-17(26-13-16-4-3-8-24-16)5-6-21(19)25(2)22(14)20;1-2/h5-7,9-12,16,24H,3-4,8,13H2,1-2H3;1-2H3. The summed E-state index contributed by atoms with van der Waals surface area (Å²) in [6.45, 7) is 8.05. The number of hydrogen-bond donors (Lipinski definition) is 1. The first kappa shape index (κ1) is 18.8. The van der Waals surface area contributed by atoms with Crippen molar-refractivity contribution in [2.24, 2.45) is 7.05 Å². The third-order valence-corrected chi connectivity index (χ3v) is 5.73. The van der Waals surface area contributed by atoms with Crippen LogP contribution in [0, 0.1) is 6.92 Å². The Bertz CT molecular complexity index is 1120. The molecule has 0 saturated carbocycles. The van der Waals surface area contributed by atoms with Crippen LogP contribution in [0.2, 0.25) is 0 Å². The van der Waals surface area contributed by atoms with Crippen LogP contribution in [0.4, 0.5) is 0 Å². The Hall–Kier alpha value is -2.59. The van der Waals surface area contributed by atoms with Crippen molar-refractivity contribution in [2.75, 3.05) is 13.2 Å². The highest BCUT2D eigenvalue weighted by atomic mass is 16.5. The van der Waals surface area contributed by atoms with Gasteiger partial charge in [-0.25, -0.2) is 0 Å². The van der Waals surface area contributed by atoms with Crippen LogP contribution >= 0.6 is 0 Å². The van der Waals surface area contributed by atoms with Crippen LogP contribution in [-0.4, -0.2) is 28.7 Å². The number of nitrogens with one attached hydrogen (secondary N) is 1. The molecular formula is C24H29N3O. The SMILES string of the molecule is CC.Cc1c2ccncc2cc2c3cc(OCC4CCCN4)ccc3n(C)c12. The maximum atomic E-state index is 6.09. The van der Waals surface area contributed by atoms with Crippen molar-refractivity contribution in [1.29, 1.82) is 0 Å². The van der Waals surface area contributed by atoms with Crippen molar-refractivity contribution in [3.8, 4) is 5.75 Å². The average Bonchev–Trinajstić information content (AvgIpc) is 3.35. The molecule has 0 bridgehead atoms. The number of hydrogen-bond acceptors (Lipinski definition) is 3. The van der Waals surface area contributed by atoms with Crippen molar-refractivity contribution in [3.05, 3.63) is 48.3 Å². The molecule has 2 aromatic carbocycles. The van der Waals surface area contributed by atoms with Gasteiger partial charge in [-0.2, -0.15) is 0 Å². The largest absolute Gasteiger partial charge is 0.492 e. The molecule has 1 N–H and O–H groups in total. The topological polar surface area (TPSA) is 39.1 Å². The van der Waals surface area contributed by atoms with E-state index in [2.05, 4.69) is 59.2 Å². The normalized spacial score (nSPS) is 16.5. The van der Waals surface area contributed by atoms with Crippen LogP contribution in [-0.2, 0) is 7.05 Å². The summed E-state index contributed by atoms with van der Waals surface area (Å²) in [4.78, 5) is 4.30. The highest BCUT2D eigenvalue weighted by Gasteiger charge is 2.16. The van der Waals surface area contributed by atoms with Crippen molar-refractivity contribution < 1.29 is 4.74 Å². The minimum absolute atomic E-state index is 0.482. The van der Waals surface area contributed by atoms with E-state index in [0.717, 1.165) is 18.9 Å². The van der Waals surface area contributed by atoms with Crippen LogP contribution in [0.15, 0.2) is 42.7 Å². The minimum Gasteiger partial charge on any atom is -0.492 e. The van der Waals surface area contributed by atoms with Gasteiger partial charge in [-0.05, 0) is 67.6 Å². The fourth-order valence-corrected chi connectivity index (χ4v) is 4.38. The van der Waals surface area contributed by atoms with Gasteiger partial charge < -0.3 is 14.6 Å². The van der Waals surface area contributed by atoms with Gasteiger partial charge in [-0.3, -0.25) is 4.98 Å². The summed E-state index contributed by atoms with van der Waals surface area (Å²) >= 11 is 0. The third kappa shape index (κ3) is 3.12. The highest BCUT2D eigenvalue weighted by Crippen LogP contribution is 2.36. The smallest absolute Gasteiger partial charge is 0.120 e. The van der Waals surface area contributed by atoms with Gasteiger partial charge in [0, 0.05) is 47.2 Å². The number of ether oxygens (including phenoxy) is 1. The number of aryl methyl sites for hydroxylation is 2. The molecule has 1 saturated heterocycles. The van der Waals surface area contributed by atoms with Gasteiger partial charge in [0.25, 0.3) is 0 Å². The molecule has 146 valence electrons. The predicted octanol–water partition coefficient (Wildman–Crippen LogP) is 5.35. The van der Waals surface area contributed by atoms with Crippen LogP contribution in [0.1, 0.15) is 32.3 Å². The van der Waals surface area contributed by atoms with Crippen LogP contribution in [0.3, 0.4) is 0 Å². The molecule has 0 amide bonds. The Labute approximate surface area is 166 Å². The molecule has 4 heteroatoms. The summed E-state index contributed by atoms with van der Waals surface area (Å²) < 4.78 is 8.38. The van der Waals surface area contributed by atoms with Crippen molar-refractivity contribution in [1.82, 2.24) is 14.9 Å². The van der Waals surface area contributed by atoms with E-state index in [-0.39, 0.29) is 0 Å². The molecule has 0 aliphatic carbocycles. The second-order valence-corrected chi connectivity index (χ2v) is 7.34. The molecular weight excluding hydrogens is 346 g/mol. The molecule has 1 fully saturated rings. The Balaban J connectivity index is 0.000000932. The van der Waals surface area contributed by atoms with Crippen molar-refractivity contribution in [3.63, 3.8) is 0 Å². The lowest BCUT2D eigenvalue weighted by molar-refractivity contribution is 0.277. The van der Waals surface area contributed by atoms with Crippen molar-refractivity contribution >= 4 is 32.6 Å². The van der Waals surface area contributed by atoms with E-state index in [1.54, 1.807) is 0 Å². The third-order valence-electron chi connectivity index (χ3n) is 5.73. The quantitative estimate of drug-likeness (QED) is 0.525. The van der Waals surface area contributed by atoms with Crippen LogP contribution in [0.25, 0.3) is 32.6 Å². The Morgan fingerprint density at radius 2 is 2.00 bits per heavy atom. The predicted molar refractivity (Wildman–Crippen MR) is 118 cm³/mol. The zero-order chi connectivity index (χ0) is 19.7. The number of fused-ring (bicyclic) bond motifs is 4. The van der Waals surface area contributed by atoms with Gasteiger partial charge in [0.05, 0.1) is 5.52 Å². The van der Waals surface area contributed by atoms with E-state index in [4.69, 9.17) is 4.74 Å². The van der Waals surface area contributed by atoms with Gasteiger partial charge in [0.2, 0.25) is 0 Å². The summed E-state index contributed by atoms with van der Waals surface area (Å²) in [7, 11) is 2.15. The van der Waals surface area contributed by atoms with E-state index in [1.807, 2.05) is 26.2 Å². The molecule has 28 heavy (non-hydrogen) atoms. The number of nitrogens with zero attached hydrogens (tertiary/aromatic N) is 2. The zero-order valence-corrected chi connectivity index (χ0v) is 17.2.